The molecule has 2 aromatic carbocycles. The summed E-state index contributed by atoms with van der Waals surface area (Å²) in [6.07, 6.45) is 0.209. The van der Waals surface area contributed by atoms with Crippen molar-refractivity contribution in [3.8, 4) is 0 Å². The summed E-state index contributed by atoms with van der Waals surface area (Å²) >= 11 is 0. The third-order valence-electron chi connectivity index (χ3n) is 5.26. The molecule has 3 N–H and O–H groups in total. The molecule has 0 aliphatic carbocycles. The van der Waals surface area contributed by atoms with E-state index in [1.54, 1.807) is 6.92 Å². The molecule has 1 amide bonds. The van der Waals surface area contributed by atoms with Crippen LogP contribution in [-0.4, -0.2) is 22.5 Å². The highest BCUT2D eigenvalue weighted by Gasteiger charge is 2.20. The van der Waals surface area contributed by atoms with Crippen LogP contribution in [0.25, 0.3) is 0 Å². The van der Waals surface area contributed by atoms with Gasteiger partial charge in [0.2, 0.25) is 0 Å². The summed E-state index contributed by atoms with van der Waals surface area (Å²) in [5, 5.41) is 13.0. The van der Waals surface area contributed by atoms with E-state index in [0.717, 1.165) is 23.2 Å². The van der Waals surface area contributed by atoms with Gasteiger partial charge in [0.05, 0.1) is 6.10 Å². The summed E-state index contributed by atoms with van der Waals surface area (Å²) < 4.78 is 0. The van der Waals surface area contributed by atoms with E-state index in [1.165, 1.54) is 11.1 Å². The molecule has 0 unspecified atom stereocenters. The molecule has 1 atom stereocenters. The average Bonchev–Trinajstić information content (AvgIpc) is 3.01. The number of aromatic nitrogens is 1. The fraction of sp³-hybridized carbons (Fsp3) is 0.292. The Bertz CT molecular complexity index is 875. The van der Waals surface area contributed by atoms with Crippen LogP contribution in [0.1, 0.15) is 63.8 Å². The first-order chi connectivity index (χ1) is 13.5. The van der Waals surface area contributed by atoms with Crippen LogP contribution in [0.2, 0.25) is 0 Å². The largest absolute Gasteiger partial charge is 0.389 e. The maximum absolute atomic E-state index is 12.7. The third-order valence-corrected chi connectivity index (χ3v) is 5.26. The van der Waals surface area contributed by atoms with Gasteiger partial charge >= 0.3 is 0 Å². The first kappa shape index (κ1) is 19.9. The summed E-state index contributed by atoms with van der Waals surface area (Å²) in [4.78, 5) is 15.8. The minimum absolute atomic E-state index is 0.132. The molecule has 146 valence electrons. The molecular weight excluding hydrogens is 348 g/mol. The zero-order valence-corrected chi connectivity index (χ0v) is 16.7. The zero-order chi connectivity index (χ0) is 20.1. The van der Waals surface area contributed by atoms with Crippen LogP contribution in [0.15, 0.2) is 60.7 Å². The van der Waals surface area contributed by atoms with E-state index in [2.05, 4.69) is 34.6 Å². The maximum Gasteiger partial charge on any atom is 0.267 e. The van der Waals surface area contributed by atoms with Gasteiger partial charge in [-0.2, -0.15) is 0 Å². The quantitative estimate of drug-likeness (QED) is 0.562. The molecule has 4 heteroatoms. The van der Waals surface area contributed by atoms with E-state index in [4.69, 9.17) is 0 Å². The molecular formula is C24H28N2O2. The Balaban J connectivity index is 1.71. The van der Waals surface area contributed by atoms with Crippen LogP contribution in [0.5, 0.6) is 0 Å². The minimum Gasteiger partial charge on any atom is -0.389 e. The number of aryl methyl sites for hydroxylation is 1. The number of benzene rings is 2. The molecule has 0 radical (unpaired) electrons. The third kappa shape index (κ3) is 4.34. The lowest BCUT2D eigenvalue weighted by Crippen LogP contribution is -2.26. The Morgan fingerprint density at radius 1 is 1.00 bits per heavy atom. The Morgan fingerprint density at radius 3 is 2.00 bits per heavy atom. The Kier molecular flexibility index (Phi) is 6.32. The van der Waals surface area contributed by atoms with Gasteiger partial charge in [-0.15, -0.1) is 0 Å². The van der Waals surface area contributed by atoms with Crippen molar-refractivity contribution in [1.82, 2.24) is 10.3 Å². The Morgan fingerprint density at radius 2 is 1.54 bits per heavy atom. The van der Waals surface area contributed by atoms with Crippen molar-refractivity contribution >= 4 is 5.91 Å². The molecule has 1 aromatic heterocycles. The molecule has 0 aliphatic heterocycles. The lowest BCUT2D eigenvalue weighted by Gasteiger charge is -2.18. The number of H-pyrrole nitrogens is 1. The number of aliphatic hydroxyl groups is 1. The van der Waals surface area contributed by atoms with Gasteiger partial charge in [0.1, 0.15) is 5.69 Å². The molecule has 3 rings (SSSR count). The highest BCUT2D eigenvalue weighted by atomic mass is 16.3. The number of carbonyl (C=O) groups excluding carboxylic acids is 1. The standard InChI is InChI=1S/C24H28N2O2/c1-16-22(18(3)27)17(2)26-23(16)24(28)25-15-14-21(19-10-6-4-7-11-19)20-12-8-5-9-13-20/h4-13,18,21,26-27H,14-15H2,1-3H3,(H,25,28)/t18-/m1/s1. The summed E-state index contributed by atoms with van der Waals surface area (Å²) in [7, 11) is 0. The molecule has 0 aliphatic rings. The number of nitrogens with one attached hydrogen (secondary N) is 2. The van der Waals surface area contributed by atoms with Crippen LogP contribution in [-0.2, 0) is 0 Å². The minimum atomic E-state index is -0.599. The second-order valence-corrected chi connectivity index (χ2v) is 7.26. The van der Waals surface area contributed by atoms with Crippen molar-refractivity contribution in [1.29, 1.82) is 0 Å². The van der Waals surface area contributed by atoms with Gasteiger partial charge in [0.15, 0.2) is 0 Å². The van der Waals surface area contributed by atoms with Gasteiger partial charge in [-0.05, 0) is 43.9 Å². The predicted octanol–water partition coefficient (Wildman–Crippen LogP) is 4.64. The topological polar surface area (TPSA) is 65.1 Å². The SMILES string of the molecule is Cc1[nH]c(C(=O)NCCC(c2ccccc2)c2ccccc2)c(C)c1[C@@H](C)O. The van der Waals surface area contributed by atoms with Crippen molar-refractivity contribution in [2.75, 3.05) is 6.54 Å². The first-order valence-electron chi connectivity index (χ1n) is 9.74. The molecule has 4 nitrogen and oxygen atoms in total. The fourth-order valence-corrected chi connectivity index (χ4v) is 3.93. The van der Waals surface area contributed by atoms with Crippen molar-refractivity contribution in [3.05, 3.63) is 94.3 Å². The number of aliphatic hydroxyl groups excluding tert-OH is 1. The molecule has 0 saturated heterocycles. The first-order valence-corrected chi connectivity index (χ1v) is 9.74. The van der Waals surface area contributed by atoms with Crippen LogP contribution < -0.4 is 5.32 Å². The van der Waals surface area contributed by atoms with Gasteiger partial charge in [-0.25, -0.2) is 0 Å². The number of hydrogen-bond donors (Lipinski definition) is 3. The predicted molar refractivity (Wildman–Crippen MR) is 113 cm³/mol. The molecule has 3 aromatic rings. The smallest absolute Gasteiger partial charge is 0.267 e. The second kappa shape index (κ2) is 8.89. The Labute approximate surface area is 166 Å². The van der Waals surface area contributed by atoms with E-state index in [1.807, 2.05) is 50.2 Å². The monoisotopic (exact) mass is 376 g/mol. The number of carbonyl (C=O) groups is 1. The van der Waals surface area contributed by atoms with Crippen molar-refractivity contribution in [2.24, 2.45) is 0 Å². The van der Waals surface area contributed by atoms with Crippen molar-refractivity contribution in [2.45, 2.75) is 39.2 Å². The molecule has 0 spiro atoms. The lowest BCUT2D eigenvalue weighted by molar-refractivity contribution is 0.0947. The van der Waals surface area contributed by atoms with E-state index in [0.29, 0.717) is 12.2 Å². The van der Waals surface area contributed by atoms with Crippen molar-refractivity contribution < 1.29 is 9.90 Å². The van der Waals surface area contributed by atoms with Crippen LogP contribution in [0, 0.1) is 13.8 Å². The van der Waals surface area contributed by atoms with Gasteiger partial charge < -0.3 is 15.4 Å². The van der Waals surface area contributed by atoms with E-state index in [9.17, 15) is 9.90 Å². The van der Waals surface area contributed by atoms with Gasteiger partial charge in [0, 0.05) is 23.7 Å². The molecule has 0 saturated carbocycles. The summed E-state index contributed by atoms with van der Waals surface area (Å²) in [5.41, 5.74) is 5.47. The van der Waals surface area contributed by atoms with Crippen LogP contribution in [0.4, 0.5) is 0 Å². The number of hydrogen-bond acceptors (Lipinski definition) is 2. The second-order valence-electron chi connectivity index (χ2n) is 7.26. The van der Waals surface area contributed by atoms with Crippen molar-refractivity contribution in [3.63, 3.8) is 0 Å². The lowest BCUT2D eigenvalue weighted by atomic mass is 9.88. The maximum atomic E-state index is 12.7. The molecule has 0 fully saturated rings. The van der Waals surface area contributed by atoms with Gasteiger partial charge in [0.25, 0.3) is 5.91 Å². The number of rotatable bonds is 7. The highest BCUT2D eigenvalue weighted by molar-refractivity contribution is 5.94. The normalized spacial score (nSPS) is 12.2. The summed E-state index contributed by atoms with van der Waals surface area (Å²) in [6, 6.07) is 20.8. The molecule has 1 heterocycles. The van der Waals surface area contributed by atoms with Crippen LogP contribution in [0.3, 0.4) is 0 Å². The number of aromatic amines is 1. The number of amides is 1. The fourth-order valence-electron chi connectivity index (χ4n) is 3.93. The summed E-state index contributed by atoms with van der Waals surface area (Å²) in [6.45, 7) is 6.04. The zero-order valence-electron chi connectivity index (χ0n) is 16.7. The van der Waals surface area contributed by atoms with E-state index < -0.39 is 6.10 Å². The average molecular weight is 377 g/mol. The summed E-state index contributed by atoms with van der Waals surface area (Å²) in [5.74, 6) is 0.0922. The van der Waals surface area contributed by atoms with Crippen LogP contribution >= 0.6 is 0 Å². The Hall–Kier alpha value is -2.85. The molecule has 0 bridgehead atoms. The highest BCUT2D eigenvalue weighted by Crippen LogP contribution is 2.28. The van der Waals surface area contributed by atoms with E-state index >= 15 is 0 Å². The van der Waals surface area contributed by atoms with Gasteiger partial charge in [-0.3, -0.25) is 4.79 Å². The molecule has 28 heavy (non-hydrogen) atoms. The van der Waals surface area contributed by atoms with E-state index in [-0.39, 0.29) is 11.8 Å². The van der Waals surface area contributed by atoms with Gasteiger partial charge in [-0.1, -0.05) is 60.7 Å².